The predicted molar refractivity (Wildman–Crippen MR) is 88.3 cm³/mol. The summed E-state index contributed by atoms with van der Waals surface area (Å²) in [4.78, 5) is 19.4. The lowest BCUT2D eigenvalue weighted by Gasteiger charge is -2.31. The summed E-state index contributed by atoms with van der Waals surface area (Å²) in [6.45, 7) is 1.46. The minimum atomic E-state index is 0.163. The summed E-state index contributed by atoms with van der Waals surface area (Å²) in [5, 5.41) is 0.827. The zero-order chi connectivity index (χ0) is 14.9. The van der Waals surface area contributed by atoms with Crippen molar-refractivity contribution in [3.8, 4) is 0 Å². The Labute approximate surface area is 134 Å². The Balaban J connectivity index is 1.63. The van der Waals surface area contributed by atoms with Gasteiger partial charge < -0.3 is 4.74 Å². The molecular formula is C17H20N2O2S. The van der Waals surface area contributed by atoms with E-state index < -0.39 is 0 Å². The summed E-state index contributed by atoms with van der Waals surface area (Å²) >= 11 is 1.61. The molecule has 4 nitrogen and oxygen atoms in total. The van der Waals surface area contributed by atoms with Crippen LogP contribution >= 0.6 is 11.3 Å². The molecule has 2 fully saturated rings. The third-order valence-corrected chi connectivity index (χ3v) is 5.70. The Morgan fingerprint density at radius 3 is 2.82 bits per heavy atom. The summed E-state index contributed by atoms with van der Waals surface area (Å²) < 4.78 is 6.88. The van der Waals surface area contributed by atoms with Crippen LogP contribution < -0.4 is 4.90 Å². The molecule has 1 aromatic heterocycles. The number of hydrogen-bond donors (Lipinski definition) is 0. The molecule has 1 saturated carbocycles. The molecule has 1 saturated heterocycles. The Bertz CT molecular complexity index is 641. The molecule has 1 aliphatic heterocycles. The lowest BCUT2D eigenvalue weighted by molar-refractivity contribution is -0.125. The first-order valence-electron chi connectivity index (χ1n) is 8.10. The number of thiazole rings is 1. The van der Waals surface area contributed by atoms with Crippen LogP contribution in [0.1, 0.15) is 32.1 Å². The van der Waals surface area contributed by atoms with Crippen LogP contribution in [0.25, 0.3) is 10.2 Å². The normalized spacial score (nSPS) is 21.9. The van der Waals surface area contributed by atoms with E-state index >= 15 is 0 Å². The standard InChI is InChI=1S/C17H20N2O2S/c20-16(12-5-3-6-12)19(11-13-7-4-10-21-13)17-18-14-8-1-2-9-15(14)22-17/h1-2,8-9,12-13H,3-7,10-11H2. The van der Waals surface area contributed by atoms with Gasteiger partial charge in [-0.2, -0.15) is 0 Å². The van der Waals surface area contributed by atoms with Gasteiger partial charge in [-0.05, 0) is 37.8 Å². The summed E-state index contributed by atoms with van der Waals surface area (Å²) in [6.07, 6.45) is 5.51. The van der Waals surface area contributed by atoms with Crippen molar-refractivity contribution in [2.75, 3.05) is 18.1 Å². The highest BCUT2D eigenvalue weighted by atomic mass is 32.1. The Kier molecular flexibility index (Phi) is 3.84. The van der Waals surface area contributed by atoms with Crippen molar-refractivity contribution in [2.24, 2.45) is 5.92 Å². The maximum absolute atomic E-state index is 12.8. The van der Waals surface area contributed by atoms with E-state index in [-0.39, 0.29) is 17.9 Å². The van der Waals surface area contributed by atoms with Gasteiger partial charge in [0.2, 0.25) is 5.91 Å². The number of fused-ring (bicyclic) bond motifs is 1. The van der Waals surface area contributed by atoms with Crippen LogP contribution in [0, 0.1) is 5.92 Å². The average Bonchev–Trinajstić information content (AvgIpc) is 3.11. The van der Waals surface area contributed by atoms with Crippen LogP contribution in [-0.2, 0) is 9.53 Å². The highest BCUT2D eigenvalue weighted by Gasteiger charge is 2.33. The van der Waals surface area contributed by atoms with Gasteiger partial charge in [-0.3, -0.25) is 9.69 Å². The average molecular weight is 316 g/mol. The number of nitrogens with zero attached hydrogens (tertiary/aromatic N) is 2. The van der Waals surface area contributed by atoms with Gasteiger partial charge >= 0.3 is 0 Å². The predicted octanol–water partition coefficient (Wildman–Crippen LogP) is 3.61. The second-order valence-electron chi connectivity index (χ2n) is 6.18. The molecule has 2 heterocycles. The fourth-order valence-electron chi connectivity index (χ4n) is 3.11. The number of ether oxygens (including phenoxy) is 1. The lowest BCUT2D eigenvalue weighted by atomic mass is 9.84. The first-order valence-corrected chi connectivity index (χ1v) is 8.91. The molecule has 2 aromatic rings. The highest BCUT2D eigenvalue weighted by Crippen LogP contribution is 2.34. The Hall–Kier alpha value is -1.46. The van der Waals surface area contributed by atoms with E-state index in [9.17, 15) is 4.79 Å². The molecular weight excluding hydrogens is 296 g/mol. The van der Waals surface area contributed by atoms with E-state index in [2.05, 4.69) is 11.1 Å². The first-order chi connectivity index (χ1) is 10.8. The van der Waals surface area contributed by atoms with Gasteiger partial charge in [-0.15, -0.1) is 0 Å². The van der Waals surface area contributed by atoms with Crippen molar-refractivity contribution in [1.82, 2.24) is 4.98 Å². The SMILES string of the molecule is O=C(C1CCC1)N(CC1CCCO1)c1nc2ccccc2s1. The van der Waals surface area contributed by atoms with Gasteiger partial charge in [-0.25, -0.2) is 4.98 Å². The quantitative estimate of drug-likeness (QED) is 0.865. The summed E-state index contributed by atoms with van der Waals surface area (Å²) in [5.74, 6) is 0.425. The van der Waals surface area contributed by atoms with E-state index in [0.717, 1.165) is 47.6 Å². The molecule has 0 N–H and O–H groups in total. The minimum absolute atomic E-state index is 0.163. The summed E-state index contributed by atoms with van der Waals surface area (Å²) in [7, 11) is 0. The molecule has 1 aliphatic carbocycles. The highest BCUT2D eigenvalue weighted by molar-refractivity contribution is 7.22. The Morgan fingerprint density at radius 2 is 2.14 bits per heavy atom. The molecule has 0 bridgehead atoms. The van der Waals surface area contributed by atoms with Crippen LogP contribution in [0.15, 0.2) is 24.3 Å². The topological polar surface area (TPSA) is 42.4 Å². The molecule has 116 valence electrons. The van der Waals surface area contributed by atoms with E-state index in [1.807, 2.05) is 23.1 Å². The number of amides is 1. The monoisotopic (exact) mass is 316 g/mol. The maximum Gasteiger partial charge on any atom is 0.231 e. The van der Waals surface area contributed by atoms with Crippen LogP contribution in [0.4, 0.5) is 5.13 Å². The third kappa shape index (κ3) is 2.63. The number of carbonyl (C=O) groups excluding carboxylic acids is 1. The van der Waals surface area contributed by atoms with Crippen molar-refractivity contribution in [1.29, 1.82) is 0 Å². The molecule has 0 radical (unpaired) electrons. The minimum Gasteiger partial charge on any atom is -0.376 e. The van der Waals surface area contributed by atoms with E-state index in [4.69, 9.17) is 4.74 Å². The second kappa shape index (κ2) is 5.97. The third-order valence-electron chi connectivity index (χ3n) is 4.64. The number of rotatable bonds is 4. The van der Waals surface area contributed by atoms with Crippen molar-refractivity contribution < 1.29 is 9.53 Å². The number of carbonyl (C=O) groups is 1. The summed E-state index contributed by atoms with van der Waals surface area (Å²) in [6, 6.07) is 8.08. The fraction of sp³-hybridized carbons (Fsp3) is 0.529. The smallest absolute Gasteiger partial charge is 0.231 e. The lowest BCUT2D eigenvalue weighted by Crippen LogP contribution is -2.43. The van der Waals surface area contributed by atoms with Crippen LogP contribution in [0.2, 0.25) is 0 Å². The molecule has 0 spiro atoms. The van der Waals surface area contributed by atoms with E-state index in [1.165, 1.54) is 6.42 Å². The van der Waals surface area contributed by atoms with Crippen LogP contribution in [0.5, 0.6) is 0 Å². The molecule has 2 aliphatic rings. The van der Waals surface area contributed by atoms with Crippen molar-refractivity contribution in [3.63, 3.8) is 0 Å². The van der Waals surface area contributed by atoms with E-state index in [1.54, 1.807) is 11.3 Å². The molecule has 1 aromatic carbocycles. The maximum atomic E-state index is 12.8. The second-order valence-corrected chi connectivity index (χ2v) is 7.18. The first kappa shape index (κ1) is 14.2. The van der Waals surface area contributed by atoms with Gasteiger partial charge in [0.15, 0.2) is 5.13 Å². The zero-order valence-electron chi connectivity index (χ0n) is 12.5. The molecule has 22 heavy (non-hydrogen) atoms. The molecule has 4 rings (SSSR count). The largest absolute Gasteiger partial charge is 0.376 e. The van der Waals surface area contributed by atoms with E-state index in [0.29, 0.717) is 6.54 Å². The van der Waals surface area contributed by atoms with Gasteiger partial charge in [0.25, 0.3) is 0 Å². The van der Waals surface area contributed by atoms with Gasteiger partial charge in [0, 0.05) is 12.5 Å². The number of anilines is 1. The summed E-state index contributed by atoms with van der Waals surface area (Å²) in [5.41, 5.74) is 0.973. The number of benzene rings is 1. The number of para-hydroxylation sites is 1. The zero-order valence-corrected chi connectivity index (χ0v) is 13.3. The van der Waals surface area contributed by atoms with Crippen molar-refractivity contribution >= 4 is 32.6 Å². The molecule has 1 amide bonds. The van der Waals surface area contributed by atoms with Crippen LogP contribution in [-0.4, -0.2) is 30.1 Å². The fourth-order valence-corrected chi connectivity index (χ4v) is 4.09. The molecule has 1 unspecified atom stereocenters. The molecule has 1 atom stereocenters. The van der Waals surface area contributed by atoms with Crippen molar-refractivity contribution in [3.05, 3.63) is 24.3 Å². The van der Waals surface area contributed by atoms with Gasteiger partial charge in [-0.1, -0.05) is 29.9 Å². The van der Waals surface area contributed by atoms with Gasteiger partial charge in [0.1, 0.15) is 0 Å². The van der Waals surface area contributed by atoms with Gasteiger partial charge in [0.05, 0.1) is 22.9 Å². The number of hydrogen-bond acceptors (Lipinski definition) is 4. The van der Waals surface area contributed by atoms with Crippen molar-refractivity contribution in [2.45, 2.75) is 38.2 Å². The van der Waals surface area contributed by atoms with Crippen LogP contribution in [0.3, 0.4) is 0 Å². The Morgan fingerprint density at radius 1 is 1.27 bits per heavy atom. The number of aromatic nitrogens is 1. The molecule has 5 heteroatoms.